The van der Waals surface area contributed by atoms with Gasteiger partial charge in [0, 0.05) is 11.8 Å². The van der Waals surface area contributed by atoms with Crippen molar-refractivity contribution < 1.29 is 18.0 Å². The van der Waals surface area contributed by atoms with E-state index in [2.05, 4.69) is 5.32 Å². The molecule has 0 aliphatic carbocycles. The molecule has 0 atom stereocenters. The van der Waals surface area contributed by atoms with E-state index in [0.29, 0.717) is 11.6 Å². The van der Waals surface area contributed by atoms with Gasteiger partial charge in [0.25, 0.3) is 5.56 Å². The Kier molecular flexibility index (Phi) is 5.47. The molecule has 0 radical (unpaired) electrons. The molecule has 158 valence electrons. The summed E-state index contributed by atoms with van der Waals surface area (Å²) in [6, 6.07) is 9.44. The van der Waals surface area contributed by atoms with Crippen molar-refractivity contribution in [2.45, 2.75) is 13.1 Å². The number of nitrogens with one attached hydrogen (secondary N) is 1. The molecule has 0 spiro atoms. The molecule has 0 aliphatic rings. The Hall–Kier alpha value is -3.66. The van der Waals surface area contributed by atoms with Crippen LogP contribution in [0.15, 0.2) is 63.5 Å². The number of amides is 1. The standard InChI is InChI=1S/C21H14F3N3O3S/c22-13-3-1-12(2-4-13)10-27-20(29)19-17(5-6-31-19)26(21(27)30)11-18(28)25-16-8-14(23)7-15(24)9-16/h1-9H,10-11H2,(H,25,28). The maximum absolute atomic E-state index is 13.4. The van der Waals surface area contributed by atoms with Gasteiger partial charge in [-0.25, -0.2) is 18.0 Å². The average molecular weight is 445 g/mol. The van der Waals surface area contributed by atoms with Gasteiger partial charge in [-0.2, -0.15) is 0 Å². The molecule has 0 aliphatic heterocycles. The first-order chi connectivity index (χ1) is 14.8. The SMILES string of the molecule is O=C(Cn1c(=O)n(Cc2ccc(F)cc2)c(=O)c2sccc21)Nc1cc(F)cc(F)c1. The lowest BCUT2D eigenvalue weighted by Gasteiger charge is -2.13. The van der Waals surface area contributed by atoms with Gasteiger partial charge in [0.15, 0.2) is 0 Å². The quantitative estimate of drug-likeness (QED) is 0.512. The van der Waals surface area contributed by atoms with Gasteiger partial charge in [0.1, 0.15) is 28.7 Å². The number of aromatic nitrogens is 2. The van der Waals surface area contributed by atoms with Crippen LogP contribution in [0.4, 0.5) is 18.9 Å². The third-order valence-electron chi connectivity index (χ3n) is 4.54. The minimum absolute atomic E-state index is 0.100. The van der Waals surface area contributed by atoms with Crippen LogP contribution in [0.3, 0.4) is 0 Å². The molecule has 0 saturated carbocycles. The van der Waals surface area contributed by atoms with E-state index >= 15 is 0 Å². The van der Waals surface area contributed by atoms with E-state index in [1.54, 1.807) is 11.4 Å². The van der Waals surface area contributed by atoms with E-state index in [1.165, 1.54) is 24.3 Å². The van der Waals surface area contributed by atoms with Crippen LogP contribution in [0.5, 0.6) is 0 Å². The summed E-state index contributed by atoms with van der Waals surface area (Å²) < 4.78 is 42.2. The number of benzene rings is 2. The van der Waals surface area contributed by atoms with E-state index in [9.17, 15) is 27.6 Å². The van der Waals surface area contributed by atoms with Crippen molar-refractivity contribution in [2.75, 3.05) is 5.32 Å². The van der Waals surface area contributed by atoms with Crippen LogP contribution in [0.1, 0.15) is 5.56 Å². The van der Waals surface area contributed by atoms with Gasteiger partial charge in [-0.05, 0) is 41.3 Å². The molecule has 0 bridgehead atoms. The number of thiophene rings is 1. The molecular formula is C21H14F3N3O3S. The Morgan fingerprint density at radius 2 is 1.58 bits per heavy atom. The lowest BCUT2D eigenvalue weighted by Crippen LogP contribution is -2.41. The number of anilines is 1. The zero-order valence-electron chi connectivity index (χ0n) is 15.8. The largest absolute Gasteiger partial charge is 0.332 e. The van der Waals surface area contributed by atoms with E-state index in [0.717, 1.165) is 32.6 Å². The van der Waals surface area contributed by atoms with Crippen LogP contribution >= 0.6 is 11.3 Å². The first kappa shape index (κ1) is 20.6. The third kappa shape index (κ3) is 4.29. The van der Waals surface area contributed by atoms with Gasteiger partial charge in [0.05, 0.1) is 12.1 Å². The number of carbonyl (C=O) groups excluding carboxylic acids is 1. The summed E-state index contributed by atoms with van der Waals surface area (Å²) in [6.45, 7) is -0.587. The first-order valence-electron chi connectivity index (χ1n) is 9.03. The number of hydrogen-bond acceptors (Lipinski definition) is 4. The highest BCUT2D eigenvalue weighted by Gasteiger charge is 2.17. The minimum atomic E-state index is -0.861. The van der Waals surface area contributed by atoms with Crippen molar-refractivity contribution in [3.05, 3.63) is 97.8 Å². The summed E-state index contributed by atoms with van der Waals surface area (Å²) in [7, 11) is 0. The number of rotatable bonds is 5. The normalized spacial score (nSPS) is 11.1. The molecule has 31 heavy (non-hydrogen) atoms. The summed E-state index contributed by atoms with van der Waals surface area (Å²) in [6.07, 6.45) is 0. The van der Waals surface area contributed by atoms with Crippen molar-refractivity contribution in [1.82, 2.24) is 9.13 Å². The third-order valence-corrected chi connectivity index (χ3v) is 5.43. The fraction of sp³-hybridized carbons (Fsp3) is 0.0952. The molecule has 0 fully saturated rings. The minimum Gasteiger partial charge on any atom is -0.324 e. The number of halogens is 3. The second-order valence-corrected chi connectivity index (χ2v) is 7.64. The topological polar surface area (TPSA) is 73.1 Å². The van der Waals surface area contributed by atoms with Gasteiger partial charge < -0.3 is 5.32 Å². The Labute approximate surface area is 176 Å². The molecule has 0 saturated heterocycles. The highest BCUT2D eigenvalue weighted by Crippen LogP contribution is 2.17. The Balaban J connectivity index is 1.70. The maximum atomic E-state index is 13.4. The van der Waals surface area contributed by atoms with Gasteiger partial charge in [0.2, 0.25) is 5.91 Å². The molecule has 4 aromatic rings. The van der Waals surface area contributed by atoms with Crippen molar-refractivity contribution in [3.8, 4) is 0 Å². The Morgan fingerprint density at radius 3 is 2.26 bits per heavy atom. The predicted molar refractivity (Wildman–Crippen MR) is 111 cm³/mol. The second kappa shape index (κ2) is 8.23. The predicted octanol–water partition coefficient (Wildman–Crippen LogP) is 3.33. The Morgan fingerprint density at radius 1 is 0.903 bits per heavy atom. The molecule has 1 N–H and O–H groups in total. The van der Waals surface area contributed by atoms with Gasteiger partial charge in [-0.3, -0.25) is 18.7 Å². The highest BCUT2D eigenvalue weighted by atomic mass is 32.1. The van der Waals surface area contributed by atoms with Crippen molar-refractivity contribution in [1.29, 1.82) is 0 Å². The van der Waals surface area contributed by atoms with E-state index in [-0.39, 0.29) is 22.4 Å². The first-order valence-corrected chi connectivity index (χ1v) is 9.91. The number of fused-ring (bicyclic) bond motifs is 1. The molecule has 4 rings (SSSR count). The van der Waals surface area contributed by atoms with E-state index in [4.69, 9.17) is 0 Å². The lowest BCUT2D eigenvalue weighted by atomic mass is 10.2. The zero-order valence-corrected chi connectivity index (χ0v) is 16.6. The van der Waals surface area contributed by atoms with Crippen molar-refractivity contribution in [3.63, 3.8) is 0 Å². The molecule has 2 aromatic carbocycles. The zero-order chi connectivity index (χ0) is 22.1. The smallest absolute Gasteiger partial charge is 0.324 e. The fourth-order valence-electron chi connectivity index (χ4n) is 3.17. The molecular weight excluding hydrogens is 431 g/mol. The second-order valence-electron chi connectivity index (χ2n) is 6.73. The summed E-state index contributed by atoms with van der Waals surface area (Å²) in [4.78, 5) is 38.3. The van der Waals surface area contributed by atoms with Crippen molar-refractivity contribution >= 4 is 33.1 Å². The molecule has 0 unspecified atom stereocenters. The molecule has 1 amide bonds. The van der Waals surface area contributed by atoms with Crippen LogP contribution in [0.25, 0.3) is 10.2 Å². The maximum Gasteiger partial charge on any atom is 0.332 e. The summed E-state index contributed by atoms with van der Waals surface area (Å²) >= 11 is 1.12. The van der Waals surface area contributed by atoms with Gasteiger partial charge >= 0.3 is 5.69 Å². The highest BCUT2D eigenvalue weighted by molar-refractivity contribution is 7.17. The molecule has 10 heteroatoms. The van der Waals surface area contributed by atoms with Crippen LogP contribution in [-0.4, -0.2) is 15.0 Å². The van der Waals surface area contributed by atoms with Crippen LogP contribution in [0.2, 0.25) is 0 Å². The molecule has 6 nitrogen and oxygen atoms in total. The van der Waals surface area contributed by atoms with E-state index in [1.807, 2.05) is 0 Å². The van der Waals surface area contributed by atoms with Crippen LogP contribution in [0, 0.1) is 17.5 Å². The number of hydrogen-bond donors (Lipinski definition) is 1. The number of carbonyl (C=O) groups is 1. The van der Waals surface area contributed by atoms with Gasteiger partial charge in [-0.15, -0.1) is 11.3 Å². The van der Waals surface area contributed by atoms with Crippen LogP contribution < -0.4 is 16.6 Å². The van der Waals surface area contributed by atoms with Crippen LogP contribution in [-0.2, 0) is 17.9 Å². The fourth-order valence-corrected chi connectivity index (χ4v) is 4.01. The van der Waals surface area contributed by atoms with Gasteiger partial charge in [-0.1, -0.05) is 12.1 Å². The number of nitrogens with zero attached hydrogens (tertiary/aromatic N) is 2. The monoisotopic (exact) mass is 445 g/mol. The lowest BCUT2D eigenvalue weighted by molar-refractivity contribution is -0.116. The average Bonchev–Trinajstić information content (AvgIpc) is 3.19. The van der Waals surface area contributed by atoms with Crippen molar-refractivity contribution in [2.24, 2.45) is 0 Å². The molecule has 2 aromatic heterocycles. The molecule has 2 heterocycles. The summed E-state index contributed by atoms with van der Waals surface area (Å²) in [5, 5.41) is 3.96. The van der Waals surface area contributed by atoms with E-state index < -0.39 is 41.2 Å². The Bertz CT molecular complexity index is 1390. The summed E-state index contributed by atoms with van der Waals surface area (Å²) in [5.74, 6) is -2.87. The summed E-state index contributed by atoms with van der Waals surface area (Å²) in [5.41, 5.74) is -0.556.